The second-order valence-corrected chi connectivity index (χ2v) is 5.36. The van der Waals surface area contributed by atoms with E-state index >= 15 is 0 Å². The molecule has 0 spiro atoms. The molecule has 2 N–H and O–H groups in total. The average molecular weight is 269 g/mol. The van der Waals surface area contributed by atoms with E-state index in [4.69, 9.17) is 0 Å². The number of nitrogens with one attached hydrogen (secondary N) is 1. The molecule has 0 saturated carbocycles. The van der Waals surface area contributed by atoms with Crippen molar-refractivity contribution in [3.8, 4) is 5.75 Å². The Bertz CT molecular complexity index is 560. The van der Waals surface area contributed by atoms with Crippen LogP contribution in [-0.4, -0.2) is 5.11 Å². The number of phenols is 1. The van der Waals surface area contributed by atoms with E-state index in [0.29, 0.717) is 5.75 Å². The van der Waals surface area contributed by atoms with Gasteiger partial charge < -0.3 is 10.4 Å². The first-order chi connectivity index (χ1) is 9.60. The normalized spacial score (nSPS) is 12.2. The molecular formula is C18H23NO. The highest BCUT2D eigenvalue weighted by Crippen LogP contribution is 2.25. The summed E-state index contributed by atoms with van der Waals surface area (Å²) in [5.74, 6) is 0.310. The van der Waals surface area contributed by atoms with Crippen LogP contribution in [0.5, 0.6) is 5.75 Å². The molecule has 0 aliphatic heterocycles. The van der Waals surface area contributed by atoms with Crippen LogP contribution < -0.4 is 5.32 Å². The van der Waals surface area contributed by atoms with Gasteiger partial charge in [0.25, 0.3) is 0 Å². The van der Waals surface area contributed by atoms with Gasteiger partial charge in [-0.2, -0.15) is 0 Å². The summed E-state index contributed by atoms with van der Waals surface area (Å²) in [5, 5.41) is 12.9. The molecule has 1 atom stereocenters. The summed E-state index contributed by atoms with van der Waals surface area (Å²) >= 11 is 0. The zero-order chi connectivity index (χ0) is 14.5. The Kier molecular flexibility index (Phi) is 4.67. The van der Waals surface area contributed by atoms with Gasteiger partial charge in [0.15, 0.2) is 0 Å². The molecule has 1 unspecified atom stereocenters. The molecule has 0 heterocycles. The van der Waals surface area contributed by atoms with Crippen LogP contribution >= 0.6 is 0 Å². The van der Waals surface area contributed by atoms with Crippen LogP contribution in [0.1, 0.15) is 43.0 Å². The van der Waals surface area contributed by atoms with Crippen LogP contribution in [0.3, 0.4) is 0 Å². The third kappa shape index (κ3) is 3.53. The standard InChI is InChI=1S/C18H23NO/c1-4-5-15-6-8-16(9-7-15)14(3)19-18-11-10-17(20)12-13(18)2/h6-12,14,19-20H,4-5H2,1-3H3. The summed E-state index contributed by atoms with van der Waals surface area (Å²) in [4.78, 5) is 0. The van der Waals surface area contributed by atoms with Crippen LogP contribution in [0.25, 0.3) is 0 Å². The third-order valence-electron chi connectivity index (χ3n) is 3.60. The number of anilines is 1. The van der Waals surface area contributed by atoms with Gasteiger partial charge in [-0.25, -0.2) is 0 Å². The Hall–Kier alpha value is -1.96. The van der Waals surface area contributed by atoms with Gasteiger partial charge in [0.2, 0.25) is 0 Å². The zero-order valence-electron chi connectivity index (χ0n) is 12.5. The quantitative estimate of drug-likeness (QED) is 0.762. The lowest BCUT2D eigenvalue weighted by Crippen LogP contribution is -2.07. The van der Waals surface area contributed by atoms with Crippen LogP contribution in [-0.2, 0) is 6.42 Å². The molecule has 0 radical (unpaired) electrons. The third-order valence-corrected chi connectivity index (χ3v) is 3.60. The minimum absolute atomic E-state index is 0.244. The van der Waals surface area contributed by atoms with Gasteiger partial charge in [0, 0.05) is 11.7 Å². The van der Waals surface area contributed by atoms with Crippen LogP contribution in [0.15, 0.2) is 42.5 Å². The maximum Gasteiger partial charge on any atom is 0.115 e. The van der Waals surface area contributed by atoms with Gasteiger partial charge in [-0.05, 0) is 55.2 Å². The van der Waals surface area contributed by atoms with E-state index in [-0.39, 0.29) is 6.04 Å². The van der Waals surface area contributed by atoms with Crippen molar-refractivity contribution >= 4 is 5.69 Å². The molecular weight excluding hydrogens is 246 g/mol. The number of hydrogen-bond donors (Lipinski definition) is 2. The maximum atomic E-state index is 9.44. The van der Waals surface area contributed by atoms with Crippen molar-refractivity contribution in [3.05, 3.63) is 59.2 Å². The number of rotatable bonds is 5. The number of aromatic hydroxyl groups is 1. The van der Waals surface area contributed by atoms with Crippen molar-refractivity contribution in [2.75, 3.05) is 5.32 Å². The highest BCUT2D eigenvalue weighted by molar-refractivity contribution is 5.54. The molecule has 0 bridgehead atoms. The van der Waals surface area contributed by atoms with E-state index in [1.165, 1.54) is 17.5 Å². The predicted molar refractivity (Wildman–Crippen MR) is 85.3 cm³/mol. The fraction of sp³-hybridized carbons (Fsp3) is 0.333. The van der Waals surface area contributed by atoms with Gasteiger partial charge in [-0.15, -0.1) is 0 Å². The molecule has 2 nitrogen and oxygen atoms in total. The number of hydrogen-bond acceptors (Lipinski definition) is 2. The molecule has 0 aliphatic carbocycles. The van der Waals surface area contributed by atoms with Gasteiger partial charge in [-0.3, -0.25) is 0 Å². The Labute approximate surface area is 121 Å². The second kappa shape index (κ2) is 6.47. The van der Waals surface area contributed by atoms with E-state index in [1.807, 2.05) is 13.0 Å². The SMILES string of the molecule is CCCc1ccc(C(C)Nc2ccc(O)cc2C)cc1. The van der Waals surface area contributed by atoms with Crippen LogP contribution in [0.2, 0.25) is 0 Å². The summed E-state index contributed by atoms with van der Waals surface area (Å²) in [6, 6.07) is 14.5. The molecule has 0 amide bonds. The molecule has 0 aliphatic rings. The van der Waals surface area contributed by atoms with Crippen LogP contribution in [0.4, 0.5) is 5.69 Å². The van der Waals surface area contributed by atoms with Crippen molar-refractivity contribution in [2.45, 2.75) is 39.7 Å². The first-order valence-electron chi connectivity index (χ1n) is 7.25. The molecule has 0 fully saturated rings. The Morgan fingerprint density at radius 2 is 1.80 bits per heavy atom. The second-order valence-electron chi connectivity index (χ2n) is 5.36. The lowest BCUT2D eigenvalue weighted by molar-refractivity contribution is 0.475. The van der Waals surface area contributed by atoms with Crippen molar-refractivity contribution in [2.24, 2.45) is 0 Å². The van der Waals surface area contributed by atoms with E-state index in [2.05, 4.69) is 43.4 Å². The predicted octanol–water partition coefficient (Wildman–Crippen LogP) is 4.83. The van der Waals surface area contributed by atoms with Crippen molar-refractivity contribution in [3.63, 3.8) is 0 Å². The fourth-order valence-corrected chi connectivity index (χ4v) is 2.39. The monoisotopic (exact) mass is 269 g/mol. The number of benzene rings is 2. The minimum Gasteiger partial charge on any atom is -0.508 e. The van der Waals surface area contributed by atoms with Gasteiger partial charge in [-0.1, -0.05) is 37.6 Å². The molecule has 2 rings (SSSR count). The minimum atomic E-state index is 0.244. The molecule has 2 aromatic carbocycles. The highest BCUT2D eigenvalue weighted by atomic mass is 16.3. The topological polar surface area (TPSA) is 32.3 Å². The van der Waals surface area contributed by atoms with Crippen molar-refractivity contribution in [1.29, 1.82) is 0 Å². The van der Waals surface area contributed by atoms with Gasteiger partial charge in [0.1, 0.15) is 5.75 Å². The summed E-state index contributed by atoms with van der Waals surface area (Å²) in [7, 11) is 0. The molecule has 0 saturated heterocycles. The first kappa shape index (κ1) is 14.4. The Morgan fingerprint density at radius 1 is 1.10 bits per heavy atom. The van der Waals surface area contributed by atoms with Gasteiger partial charge in [0.05, 0.1) is 0 Å². The van der Waals surface area contributed by atoms with E-state index in [1.54, 1.807) is 12.1 Å². The summed E-state index contributed by atoms with van der Waals surface area (Å²) in [5.41, 5.74) is 4.79. The van der Waals surface area contributed by atoms with Crippen molar-refractivity contribution < 1.29 is 5.11 Å². The number of phenolic OH excluding ortho intramolecular Hbond substituents is 1. The highest BCUT2D eigenvalue weighted by Gasteiger charge is 2.07. The Balaban J connectivity index is 2.09. The van der Waals surface area contributed by atoms with Gasteiger partial charge >= 0.3 is 0 Å². The molecule has 0 aromatic heterocycles. The molecule has 2 aromatic rings. The molecule has 20 heavy (non-hydrogen) atoms. The zero-order valence-corrected chi connectivity index (χ0v) is 12.5. The molecule has 106 valence electrons. The average Bonchev–Trinajstić information content (AvgIpc) is 2.43. The lowest BCUT2D eigenvalue weighted by Gasteiger charge is -2.18. The fourth-order valence-electron chi connectivity index (χ4n) is 2.39. The summed E-state index contributed by atoms with van der Waals surface area (Å²) < 4.78 is 0. The number of aryl methyl sites for hydroxylation is 2. The largest absolute Gasteiger partial charge is 0.508 e. The van der Waals surface area contributed by atoms with Crippen LogP contribution in [0, 0.1) is 6.92 Å². The molecule has 2 heteroatoms. The van der Waals surface area contributed by atoms with E-state index < -0.39 is 0 Å². The van der Waals surface area contributed by atoms with Crippen molar-refractivity contribution in [1.82, 2.24) is 0 Å². The lowest BCUT2D eigenvalue weighted by atomic mass is 10.0. The van der Waals surface area contributed by atoms with E-state index in [0.717, 1.165) is 17.7 Å². The first-order valence-corrected chi connectivity index (χ1v) is 7.25. The van der Waals surface area contributed by atoms with E-state index in [9.17, 15) is 5.11 Å². The maximum absolute atomic E-state index is 9.44. The Morgan fingerprint density at radius 3 is 2.40 bits per heavy atom. The summed E-state index contributed by atoms with van der Waals surface area (Å²) in [6.45, 7) is 6.35. The summed E-state index contributed by atoms with van der Waals surface area (Å²) in [6.07, 6.45) is 2.32. The smallest absolute Gasteiger partial charge is 0.115 e.